The van der Waals surface area contributed by atoms with Crippen LogP contribution >= 0.6 is 0 Å². The summed E-state index contributed by atoms with van der Waals surface area (Å²) in [5.41, 5.74) is 3.84. The van der Waals surface area contributed by atoms with Crippen molar-refractivity contribution in [3.05, 3.63) is 76.0 Å². The third kappa shape index (κ3) is 2.57. The van der Waals surface area contributed by atoms with Crippen molar-refractivity contribution in [3.63, 3.8) is 0 Å². The number of esters is 1. The number of nitrogens with one attached hydrogen (secondary N) is 1. The van der Waals surface area contributed by atoms with Crippen LogP contribution < -0.4 is 5.32 Å². The van der Waals surface area contributed by atoms with Crippen molar-refractivity contribution in [1.29, 1.82) is 0 Å². The molecule has 2 aromatic rings. The topological polar surface area (TPSA) is 95.9 Å². The van der Waals surface area contributed by atoms with Crippen molar-refractivity contribution >= 4 is 17.4 Å². The number of phenols is 2. The molecule has 0 spiro atoms. The number of carbonyl (C=O) groups is 2. The molecule has 0 saturated carbocycles. The fourth-order valence-corrected chi connectivity index (χ4v) is 3.86. The van der Waals surface area contributed by atoms with E-state index in [0.717, 1.165) is 5.56 Å². The van der Waals surface area contributed by atoms with Gasteiger partial charge >= 0.3 is 5.97 Å². The Kier molecular flexibility index (Phi) is 4.19. The molecule has 1 heterocycles. The Bertz CT molecular complexity index is 1080. The van der Waals surface area contributed by atoms with Gasteiger partial charge in [0.2, 0.25) is 0 Å². The molecule has 6 heteroatoms. The van der Waals surface area contributed by atoms with Gasteiger partial charge in [-0.1, -0.05) is 30.3 Å². The number of allylic oxidation sites excluding steroid dienone is 2. The molecule has 0 radical (unpaired) electrons. The zero-order chi connectivity index (χ0) is 20.0. The van der Waals surface area contributed by atoms with Gasteiger partial charge in [0.1, 0.15) is 0 Å². The first-order chi connectivity index (χ1) is 13.4. The number of benzene rings is 2. The van der Waals surface area contributed by atoms with Gasteiger partial charge in [0.25, 0.3) is 0 Å². The van der Waals surface area contributed by atoms with E-state index in [0.29, 0.717) is 33.7 Å². The predicted molar refractivity (Wildman–Crippen MR) is 103 cm³/mol. The molecule has 6 nitrogen and oxygen atoms in total. The van der Waals surface area contributed by atoms with Crippen LogP contribution in [0.15, 0.2) is 59.3 Å². The number of hydrogen-bond acceptors (Lipinski definition) is 6. The quantitative estimate of drug-likeness (QED) is 0.561. The minimum absolute atomic E-state index is 0.176. The Morgan fingerprint density at radius 3 is 2.50 bits per heavy atom. The lowest BCUT2D eigenvalue weighted by Crippen LogP contribution is -2.29. The fourth-order valence-electron chi connectivity index (χ4n) is 3.86. The maximum atomic E-state index is 13.2. The summed E-state index contributed by atoms with van der Waals surface area (Å²) < 4.78 is 5.24. The number of hydrogen-bond donors (Lipinski definition) is 3. The van der Waals surface area contributed by atoms with E-state index in [1.165, 1.54) is 12.1 Å². The number of ketones is 1. The molecule has 1 unspecified atom stereocenters. The highest BCUT2D eigenvalue weighted by atomic mass is 16.5. The molecule has 0 bridgehead atoms. The molecule has 28 heavy (non-hydrogen) atoms. The lowest BCUT2D eigenvalue weighted by molar-refractivity contribution is -0.138. The fraction of sp³-hybridized carbons (Fsp3) is 0.182. The molecule has 142 valence electrons. The highest BCUT2D eigenvalue weighted by Gasteiger charge is 2.43. The van der Waals surface area contributed by atoms with Gasteiger partial charge < -0.3 is 20.3 Å². The second kappa shape index (κ2) is 6.56. The summed E-state index contributed by atoms with van der Waals surface area (Å²) in [6, 6.07) is 11.6. The minimum Gasteiger partial charge on any atom is -0.504 e. The number of ether oxygens (including phenoxy) is 1. The van der Waals surface area contributed by atoms with Crippen LogP contribution in [0.4, 0.5) is 0 Å². The highest BCUT2D eigenvalue weighted by Crippen LogP contribution is 2.47. The summed E-state index contributed by atoms with van der Waals surface area (Å²) in [6.45, 7) is 3.67. The van der Waals surface area contributed by atoms with Gasteiger partial charge in [-0.05, 0) is 31.5 Å². The summed E-state index contributed by atoms with van der Waals surface area (Å²) in [5.74, 6) is -2.01. The molecule has 1 aliphatic carbocycles. The Hall–Kier alpha value is -3.54. The number of fused-ring (bicyclic) bond motifs is 2. The lowest BCUT2D eigenvalue weighted by atomic mass is 9.79. The normalized spacial score (nSPS) is 17.9. The lowest BCUT2D eigenvalue weighted by Gasteiger charge is -2.29. The molecule has 2 aliphatic rings. The number of phenolic OH excluding ortho intramolecular Hbond substituents is 2. The zero-order valence-electron chi connectivity index (χ0n) is 15.4. The van der Waals surface area contributed by atoms with Crippen molar-refractivity contribution in [3.8, 4) is 11.5 Å². The molecular weight excluding hydrogens is 358 g/mol. The maximum absolute atomic E-state index is 13.2. The van der Waals surface area contributed by atoms with E-state index in [9.17, 15) is 19.8 Å². The van der Waals surface area contributed by atoms with Crippen molar-refractivity contribution in [2.24, 2.45) is 0 Å². The SMILES string of the molecule is CCOC(=O)C1=C(C)NC2=C(C(=O)c3ccccc32)C1c1ccc(O)c(O)c1. The van der Waals surface area contributed by atoms with Crippen molar-refractivity contribution < 1.29 is 24.5 Å². The van der Waals surface area contributed by atoms with E-state index in [1.807, 2.05) is 12.1 Å². The summed E-state index contributed by atoms with van der Waals surface area (Å²) in [5, 5.41) is 22.9. The first kappa shape index (κ1) is 17.9. The number of aromatic hydroxyl groups is 2. The van der Waals surface area contributed by atoms with E-state index in [-0.39, 0.29) is 23.9 Å². The van der Waals surface area contributed by atoms with Gasteiger partial charge in [-0.25, -0.2) is 4.79 Å². The molecular formula is C22H19NO5. The van der Waals surface area contributed by atoms with Crippen LogP contribution in [0.25, 0.3) is 5.70 Å². The van der Waals surface area contributed by atoms with Crippen molar-refractivity contribution in [2.75, 3.05) is 6.61 Å². The van der Waals surface area contributed by atoms with E-state index >= 15 is 0 Å². The average molecular weight is 377 g/mol. The molecule has 0 fully saturated rings. The monoisotopic (exact) mass is 377 g/mol. The van der Waals surface area contributed by atoms with Crippen molar-refractivity contribution in [2.45, 2.75) is 19.8 Å². The van der Waals surface area contributed by atoms with Crippen LogP contribution in [-0.4, -0.2) is 28.6 Å². The van der Waals surface area contributed by atoms with E-state index in [2.05, 4.69) is 5.32 Å². The molecule has 2 aromatic carbocycles. The molecule has 0 amide bonds. The van der Waals surface area contributed by atoms with E-state index in [4.69, 9.17) is 4.74 Å². The van der Waals surface area contributed by atoms with Crippen molar-refractivity contribution in [1.82, 2.24) is 5.32 Å². The molecule has 3 N–H and O–H groups in total. The largest absolute Gasteiger partial charge is 0.504 e. The summed E-state index contributed by atoms with van der Waals surface area (Å²) >= 11 is 0. The van der Waals surface area contributed by atoms with Gasteiger partial charge in [-0.15, -0.1) is 0 Å². The molecule has 1 atom stereocenters. The number of carbonyl (C=O) groups excluding carboxylic acids is 2. The van der Waals surface area contributed by atoms with Gasteiger partial charge in [0.15, 0.2) is 17.3 Å². The van der Waals surface area contributed by atoms with E-state index in [1.54, 1.807) is 32.0 Å². The van der Waals surface area contributed by atoms with Gasteiger partial charge in [-0.2, -0.15) is 0 Å². The first-order valence-corrected chi connectivity index (χ1v) is 8.99. The van der Waals surface area contributed by atoms with Gasteiger partial charge in [0, 0.05) is 28.3 Å². The van der Waals surface area contributed by atoms with Gasteiger partial charge in [0.05, 0.1) is 17.9 Å². The first-order valence-electron chi connectivity index (χ1n) is 8.99. The summed E-state index contributed by atoms with van der Waals surface area (Å²) in [6.07, 6.45) is 0. The molecule has 0 saturated heterocycles. The minimum atomic E-state index is -0.721. The standard InChI is InChI=1S/C22H19NO5/c1-3-28-22(27)17-11(2)23-20-13-6-4-5-7-14(13)21(26)19(20)18(17)12-8-9-15(24)16(25)10-12/h4-10,18,23-25H,3H2,1-2H3. The van der Waals surface area contributed by atoms with Crippen LogP contribution in [0.2, 0.25) is 0 Å². The van der Waals surface area contributed by atoms with E-state index < -0.39 is 11.9 Å². The van der Waals surface area contributed by atoms with Crippen LogP contribution in [0.1, 0.15) is 41.3 Å². The second-order valence-corrected chi connectivity index (χ2v) is 6.73. The third-order valence-electron chi connectivity index (χ3n) is 5.08. The van der Waals surface area contributed by atoms with Crippen LogP contribution in [-0.2, 0) is 9.53 Å². The molecule has 1 aliphatic heterocycles. The Balaban J connectivity index is 1.94. The third-order valence-corrected chi connectivity index (χ3v) is 5.08. The smallest absolute Gasteiger partial charge is 0.336 e. The summed E-state index contributed by atoms with van der Waals surface area (Å²) in [7, 11) is 0. The Labute approximate surface area is 161 Å². The maximum Gasteiger partial charge on any atom is 0.336 e. The van der Waals surface area contributed by atoms with Crippen LogP contribution in [0.5, 0.6) is 11.5 Å². The van der Waals surface area contributed by atoms with Crippen LogP contribution in [0.3, 0.4) is 0 Å². The van der Waals surface area contributed by atoms with Crippen LogP contribution in [0, 0.1) is 0 Å². The number of Topliss-reactive ketones (excluding diaryl/α,β-unsaturated/α-hetero) is 1. The predicted octanol–water partition coefficient (Wildman–Crippen LogP) is 3.23. The summed E-state index contributed by atoms with van der Waals surface area (Å²) in [4.78, 5) is 26.0. The zero-order valence-corrected chi connectivity index (χ0v) is 15.4. The van der Waals surface area contributed by atoms with Gasteiger partial charge in [-0.3, -0.25) is 4.79 Å². The highest BCUT2D eigenvalue weighted by molar-refractivity contribution is 6.23. The number of rotatable bonds is 3. The second-order valence-electron chi connectivity index (χ2n) is 6.73. The average Bonchev–Trinajstić information content (AvgIpc) is 2.95. The molecule has 4 rings (SSSR count). The Morgan fingerprint density at radius 2 is 1.82 bits per heavy atom. The Morgan fingerprint density at radius 1 is 1.11 bits per heavy atom. The molecule has 0 aromatic heterocycles. The number of dihydropyridines is 1.